The van der Waals surface area contributed by atoms with Crippen LogP contribution in [-0.4, -0.2) is 48.1 Å². The molecule has 0 aromatic heterocycles. The van der Waals surface area contributed by atoms with Gasteiger partial charge in [-0.15, -0.1) is 0 Å². The Kier molecular flexibility index (Phi) is 6.58. The first kappa shape index (κ1) is 19.2. The van der Waals surface area contributed by atoms with Crippen molar-refractivity contribution in [3.8, 4) is 0 Å². The van der Waals surface area contributed by atoms with Gasteiger partial charge in [0.05, 0.1) is 6.04 Å². The van der Waals surface area contributed by atoms with E-state index in [1.54, 1.807) is 0 Å². The third-order valence-corrected chi connectivity index (χ3v) is 5.62. The maximum Gasteiger partial charge on any atom is 0.410 e. The molecule has 0 radical (unpaired) electrons. The largest absolute Gasteiger partial charge is 0.439 e. The molecule has 2 fully saturated rings. The lowest BCUT2D eigenvalue weighted by Gasteiger charge is -2.29. The number of rotatable bonds is 7. The van der Waals surface area contributed by atoms with E-state index in [0.717, 1.165) is 31.5 Å². The molecule has 4 nitrogen and oxygen atoms in total. The zero-order valence-corrected chi connectivity index (χ0v) is 16.6. The lowest BCUT2D eigenvalue weighted by molar-refractivity contribution is 0.128. The fourth-order valence-electron chi connectivity index (χ4n) is 4.33. The van der Waals surface area contributed by atoms with Crippen LogP contribution in [0.15, 0.2) is 24.3 Å². The molecule has 1 aromatic carbocycles. The lowest BCUT2D eigenvalue weighted by Crippen LogP contribution is -2.38. The highest BCUT2D eigenvalue weighted by Gasteiger charge is 2.42. The monoisotopic (exact) mass is 358 g/mol. The minimum absolute atomic E-state index is 0.138. The van der Waals surface area contributed by atoms with Gasteiger partial charge in [-0.25, -0.2) is 4.79 Å². The zero-order chi connectivity index (χ0) is 18.5. The van der Waals surface area contributed by atoms with Crippen LogP contribution < -0.4 is 0 Å². The normalized spacial score (nSPS) is 24.3. The number of likely N-dealkylation sites (tertiary alicyclic amines) is 1. The first-order valence-electron chi connectivity index (χ1n) is 10.3. The number of amides is 1. The number of ether oxygens (including phenoxy) is 1. The van der Waals surface area contributed by atoms with E-state index in [-0.39, 0.29) is 18.2 Å². The van der Waals surface area contributed by atoms with Crippen molar-refractivity contribution in [2.24, 2.45) is 5.92 Å². The Bertz CT molecular complexity index is 596. The molecular formula is C22H34N2O2. The van der Waals surface area contributed by atoms with Crippen molar-refractivity contribution in [2.45, 2.75) is 65.0 Å². The quantitative estimate of drug-likeness (QED) is 0.703. The van der Waals surface area contributed by atoms with E-state index in [1.165, 1.54) is 37.9 Å². The van der Waals surface area contributed by atoms with Crippen LogP contribution in [0.25, 0.3) is 0 Å². The standard InChI is InChI=1S/C22H34N2O2/c1-17(2)15-20-21(19-10-7-9-18(3)16-19)26-22(25)24(20)14-8-13-23-11-5-4-6-12-23/h7,9-10,16-17,20-21H,4-6,8,11-15H2,1-3H3. The fourth-order valence-corrected chi connectivity index (χ4v) is 4.33. The Labute approximate surface area is 158 Å². The molecule has 2 aliphatic rings. The van der Waals surface area contributed by atoms with Crippen LogP contribution in [0.4, 0.5) is 4.79 Å². The first-order chi connectivity index (χ1) is 12.5. The molecule has 0 N–H and O–H groups in total. The van der Waals surface area contributed by atoms with E-state index in [9.17, 15) is 4.79 Å². The number of benzene rings is 1. The summed E-state index contributed by atoms with van der Waals surface area (Å²) in [5.74, 6) is 0.534. The summed E-state index contributed by atoms with van der Waals surface area (Å²) in [6.45, 7) is 10.9. The SMILES string of the molecule is Cc1cccc(C2OC(=O)N(CCCN3CCCCC3)C2CC(C)C)c1. The summed E-state index contributed by atoms with van der Waals surface area (Å²) in [5.41, 5.74) is 2.34. The number of cyclic esters (lactones) is 1. The molecule has 2 saturated heterocycles. The van der Waals surface area contributed by atoms with Crippen LogP contribution in [0.2, 0.25) is 0 Å². The summed E-state index contributed by atoms with van der Waals surface area (Å²) in [4.78, 5) is 17.1. The number of piperidine rings is 1. The van der Waals surface area contributed by atoms with Crippen LogP contribution in [-0.2, 0) is 4.74 Å². The van der Waals surface area contributed by atoms with Gasteiger partial charge in [0, 0.05) is 6.54 Å². The molecule has 1 aromatic rings. The summed E-state index contributed by atoms with van der Waals surface area (Å²) >= 11 is 0. The van der Waals surface area contributed by atoms with Crippen molar-refractivity contribution in [1.82, 2.24) is 9.80 Å². The Morgan fingerprint density at radius 3 is 2.62 bits per heavy atom. The molecule has 2 atom stereocenters. The number of carbonyl (C=O) groups is 1. The van der Waals surface area contributed by atoms with Gasteiger partial charge < -0.3 is 14.5 Å². The molecule has 2 heterocycles. The van der Waals surface area contributed by atoms with Gasteiger partial charge in [0.1, 0.15) is 6.10 Å². The molecule has 144 valence electrons. The van der Waals surface area contributed by atoms with Gasteiger partial charge in [-0.3, -0.25) is 0 Å². The maximum atomic E-state index is 12.6. The molecule has 3 rings (SSSR count). The van der Waals surface area contributed by atoms with Crippen LogP contribution in [0, 0.1) is 12.8 Å². The Morgan fingerprint density at radius 2 is 1.92 bits per heavy atom. The molecule has 26 heavy (non-hydrogen) atoms. The van der Waals surface area contributed by atoms with Crippen molar-refractivity contribution in [3.05, 3.63) is 35.4 Å². The molecule has 2 aliphatic heterocycles. The molecule has 2 unspecified atom stereocenters. The second-order valence-electron chi connectivity index (χ2n) is 8.36. The van der Waals surface area contributed by atoms with Gasteiger partial charge >= 0.3 is 6.09 Å². The van der Waals surface area contributed by atoms with Crippen molar-refractivity contribution < 1.29 is 9.53 Å². The van der Waals surface area contributed by atoms with Crippen LogP contribution in [0.5, 0.6) is 0 Å². The van der Waals surface area contributed by atoms with E-state index >= 15 is 0 Å². The maximum absolute atomic E-state index is 12.6. The van der Waals surface area contributed by atoms with E-state index in [2.05, 4.69) is 49.9 Å². The Balaban J connectivity index is 1.65. The van der Waals surface area contributed by atoms with Gasteiger partial charge in [0.2, 0.25) is 0 Å². The van der Waals surface area contributed by atoms with Gasteiger partial charge in [0.25, 0.3) is 0 Å². The first-order valence-corrected chi connectivity index (χ1v) is 10.3. The highest BCUT2D eigenvalue weighted by molar-refractivity contribution is 5.71. The predicted molar refractivity (Wildman–Crippen MR) is 105 cm³/mol. The molecule has 0 spiro atoms. The Hall–Kier alpha value is -1.55. The number of hydrogen-bond donors (Lipinski definition) is 0. The van der Waals surface area contributed by atoms with Gasteiger partial charge in [-0.1, -0.05) is 50.1 Å². The van der Waals surface area contributed by atoms with Crippen LogP contribution >= 0.6 is 0 Å². The third-order valence-electron chi connectivity index (χ3n) is 5.62. The average molecular weight is 359 g/mol. The number of aryl methyl sites for hydroxylation is 1. The molecule has 4 heteroatoms. The Morgan fingerprint density at radius 1 is 1.15 bits per heavy atom. The molecule has 0 aliphatic carbocycles. The van der Waals surface area contributed by atoms with Crippen molar-refractivity contribution in [2.75, 3.05) is 26.2 Å². The summed E-state index contributed by atoms with van der Waals surface area (Å²) < 4.78 is 5.84. The lowest BCUT2D eigenvalue weighted by atomic mass is 9.93. The predicted octanol–water partition coefficient (Wildman–Crippen LogP) is 4.78. The second-order valence-corrected chi connectivity index (χ2v) is 8.36. The average Bonchev–Trinajstić information content (AvgIpc) is 2.91. The smallest absolute Gasteiger partial charge is 0.410 e. The number of nitrogens with zero attached hydrogens (tertiary/aromatic N) is 2. The van der Waals surface area contributed by atoms with E-state index in [4.69, 9.17) is 4.74 Å². The number of hydrogen-bond acceptors (Lipinski definition) is 3. The van der Waals surface area contributed by atoms with Crippen molar-refractivity contribution >= 4 is 6.09 Å². The van der Waals surface area contributed by atoms with Gasteiger partial charge in [-0.05, 0) is 63.7 Å². The van der Waals surface area contributed by atoms with Gasteiger partial charge in [0.15, 0.2) is 0 Å². The zero-order valence-electron chi connectivity index (χ0n) is 16.6. The van der Waals surface area contributed by atoms with Crippen molar-refractivity contribution in [1.29, 1.82) is 0 Å². The highest BCUT2D eigenvalue weighted by atomic mass is 16.6. The molecule has 1 amide bonds. The van der Waals surface area contributed by atoms with Gasteiger partial charge in [-0.2, -0.15) is 0 Å². The molecule has 0 saturated carbocycles. The van der Waals surface area contributed by atoms with Crippen molar-refractivity contribution in [3.63, 3.8) is 0 Å². The summed E-state index contributed by atoms with van der Waals surface area (Å²) in [6, 6.07) is 8.54. The number of carbonyl (C=O) groups excluding carboxylic acids is 1. The third kappa shape index (κ3) is 4.79. The van der Waals surface area contributed by atoms with E-state index in [0.29, 0.717) is 5.92 Å². The minimum atomic E-state index is -0.139. The summed E-state index contributed by atoms with van der Waals surface area (Å²) in [6.07, 6.45) is 5.73. The van der Waals surface area contributed by atoms with E-state index in [1.807, 2.05) is 4.90 Å². The fraction of sp³-hybridized carbons (Fsp3) is 0.682. The van der Waals surface area contributed by atoms with E-state index < -0.39 is 0 Å². The summed E-state index contributed by atoms with van der Waals surface area (Å²) in [5, 5.41) is 0. The topological polar surface area (TPSA) is 32.8 Å². The van der Waals surface area contributed by atoms with Crippen LogP contribution in [0.1, 0.15) is 63.2 Å². The summed E-state index contributed by atoms with van der Waals surface area (Å²) in [7, 11) is 0. The second kappa shape index (κ2) is 8.90. The molecule has 0 bridgehead atoms. The highest BCUT2D eigenvalue weighted by Crippen LogP contribution is 2.36. The molecular weight excluding hydrogens is 324 g/mol. The van der Waals surface area contributed by atoms with Crippen LogP contribution in [0.3, 0.4) is 0 Å². The minimum Gasteiger partial charge on any atom is -0.439 e.